The molecule has 2 N–H and O–H groups in total. The van der Waals surface area contributed by atoms with Gasteiger partial charge in [0.1, 0.15) is 18.2 Å². The lowest BCUT2D eigenvalue weighted by Gasteiger charge is -2.12. The molecule has 0 heterocycles. The summed E-state index contributed by atoms with van der Waals surface area (Å²) in [7, 11) is 0. The van der Waals surface area contributed by atoms with Gasteiger partial charge in [0.2, 0.25) is 5.91 Å². The molecule has 0 saturated carbocycles. The van der Waals surface area contributed by atoms with E-state index in [1.54, 1.807) is 36.4 Å². The number of hydrogen-bond acceptors (Lipinski definition) is 3. The van der Waals surface area contributed by atoms with Gasteiger partial charge in [0, 0.05) is 19.0 Å². The molecule has 5 nitrogen and oxygen atoms in total. The number of rotatable bonds is 8. The van der Waals surface area contributed by atoms with Gasteiger partial charge in [0.05, 0.1) is 5.56 Å². The number of para-hydroxylation sites is 1. The lowest BCUT2D eigenvalue weighted by Crippen LogP contribution is -2.34. The standard InChI is InChI=1S/C20H23FN2O3/c1-14(2)23-19(24)11-12-22-20(25)17-5-3-4-6-18(17)26-13-15-7-9-16(21)10-8-15/h3-10,14H,11-13H2,1-2H3,(H,22,25)(H,23,24). The number of carbonyl (C=O) groups excluding carboxylic acids is 2. The van der Waals surface area contributed by atoms with Crippen LogP contribution >= 0.6 is 0 Å². The second-order valence-corrected chi connectivity index (χ2v) is 6.14. The van der Waals surface area contributed by atoms with E-state index in [-0.39, 0.29) is 43.2 Å². The minimum atomic E-state index is -0.310. The maximum Gasteiger partial charge on any atom is 0.255 e. The van der Waals surface area contributed by atoms with Gasteiger partial charge in [0.15, 0.2) is 0 Å². The van der Waals surface area contributed by atoms with Gasteiger partial charge in [-0.25, -0.2) is 4.39 Å². The second kappa shape index (κ2) is 9.56. The zero-order valence-corrected chi connectivity index (χ0v) is 14.9. The summed E-state index contributed by atoms with van der Waals surface area (Å²) in [5.74, 6) is -0.297. The van der Waals surface area contributed by atoms with Crippen LogP contribution in [0.1, 0.15) is 36.2 Å². The molecule has 0 unspecified atom stereocenters. The Labute approximate surface area is 152 Å². The van der Waals surface area contributed by atoms with Crippen molar-refractivity contribution in [2.45, 2.75) is 32.9 Å². The minimum Gasteiger partial charge on any atom is -0.488 e. The number of benzene rings is 2. The number of nitrogens with one attached hydrogen (secondary N) is 2. The molecule has 0 fully saturated rings. The summed E-state index contributed by atoms with van der Waals surface area (Å²) in [6.07, 6.45) is 0.211. The van der Waals surface area contributed by atoms with E-state index >= 15 is 0 Å². The molecule has 0 aromatic heterocycles. The van der Waals surface area contributed by atoms with Gasteiger partial charge in [-0.05, 0) is 43.7 Å². The predicted octanol–water partition coefficient (Wildman–Crippen LogP) is 3.05. The Bertz CT molecular complexity index is 745. The van der Waals surface area contributed by atoms with Crippen LogP contribution in [0.15, 0.2) is 48.5 Å². The summed E-state index contributed by atoms with van der Waals surface area (Å²) >= 11 is 0. The van der Waals surface area contributed by atoms with Crippen molar-refractivity contribution in [3.05, 3.63) is 65.5 Å². The van der Waals surface area contributed by atoms with E-state index in [4.69, 9.17) is 4.74 Å². The van der Waals surface area contributed by atoms with Crippen molar-refractivity contribution >= 4 is 11.8 Å². The number of halogens is 1. The van der Waals surface area contributed by atoms with E-state index in [2.05, 4.69) is 10.6 Å². The second-order valence-electron chi connectivity index (χ2n) is 6.14. The van der Waals surface area contributed by atoms with E-state index in [9.17, 15) is 14.0 Å². The molecule has 2 rings (SSSR count). The molecule has 138 valence electrons. The van der Waals surface area contributed by atoms with E-state index < -0.39 is 0 Å². The molecule has 0 aliphatic rings. The maximum atomic E-state index is 12.9. The van der Waals surface area contributed by atoms with Gasteiger partial charge in [-0.2, -0.15) is 0 Å². The van der Waals surface area contributed by atoms with Crippen molar-refractivity contribution in [3.8, 4) is 5.75 Å². The molecule has 0 bridgehead atoms. The molecule has 0 aliphatic heterocycles. The first-order valence-electron chi connectivity index (χ1n) is 8.49. The molecule has 0 aliphatic carbocycles. The highest BCUT2D eigenvalue weighted by Gasteiger charge is 2.12. The van der Waals surface area contributed by atoms with E-state index in [1.165, 1.54) is 12.1 Å². The van der Waals surface area contributed by atoms with Crippen LogP contribution in [0.5, 0.6) is 5.75 Å². The lowest BCUT2D eigenvalue weighted by atomic mass is 10.2. The van der Waals surface area contributed by atoms with Crippen LogP contribution in [0.4, 0.5) is 4.39 Å². The van der Waals surface area contributed by atoms with Gasteiger partial charge in [-0.3, -0.25) is 9.59 Å². The summed E-state index contributed by atoms with van der Waals surface area (Å²) in [6.45, 7) is 4.22. The zero-order chi connectivity index (χ0) is 18.9. The van der Waals surface area contributed by atoms with Crippen molar-refractivity contribution in [2.24, 2.45) is 0 Å². The summed E-state index contributed by atoms with van der Waals surface area (Å²) in [5.41, 5.74) is 1.19. The van der Waals surface area contributed by atoms with Crippen molar-refractivity contribution in [1.82, 2.24) is 10.6 Å². The molecule has 0 saturated heterocycles. The van der Waals surface area contributed by atoms with Gasteiger partial charge >= 0.3 is 0 Å². The Kier molecular flexibility index (Phi) is 7.14. The third kappa shape index (κ3) is 6.20. The van der Waals surface area contributed by atoms with Crippen LogP contribution in [0.2, 0.25) is 0 Å². The topological polar surface area (TPSA) is 67.4 Å². The number of amides is 2. The van der Waals surface area contributed by atoms with Crippen LogP contribution in [-0.2, 0) is 11.4 Å². The van der Waals surface area contributed by atoms with Crippen LogP contribution in [-0.4, -0.2) is 24.4 Å². The number of carbonyl (C=O) groups is 2. The molecular formula is C20H23FN2O3. The third-order valence-electron chi connectivity index (χ3n) is 3.53. The fourth-order valence-electron chi connectivity index (χ4n) is 2.30. The molecule has 2 aromatic carbocycles. The molecule has 2 amide bonds. The van der Waals surface area contributed by atoms with Gasteiger partial charge in [0.25, 0.3) is 5.91 Å². The summed E-state index contributed by atoms with van der Waals surface area (Å²) < 4.78 is 18.6. The van der Waals surface area contributed by atoms with Crippen LogP contribution in [0, 0.1) is 5.82 Å². The Hall–Kier alpha value is -2.89. The summed E-state index contributed by atoms with van der Waals surface area (Å²) in [5, 5.41) is 5.49. The summed E-state index contributed by atoms with van der Waals surface area (Å²) in [6, 6.07) is 12.9. The van der Waals surface area contributed by atoms with Gasteiger partial charge in [-0.1, -0.05) is 24.3 Å². The Morgan fingerprint density at radius 3 is 2.46 bits per heavy atom. The van der Waals surface area contributed by atoms with Gasteiger partial charge < -0.3 is 15.4 Å². The van der Waals surface area contributed by atoms with E-state index in [1.807, 2.05) is 13.8 Å². The summed E-state index contributed by atoms with van der Waals surface area (Å²) in [4.78, 5) is 24.0. The highest BCUT2D eigenvalue weighted by atomic mass is 19.1. The monoisotopic (exact) mass is 358 g/mol. The van der Waals surface area contributed by atoms with Crippen molar-refractivity contribution in [3.63, 3.8) is 0 Å². The van der Waals surface area contributed by atoms with Crippen molar-refractivity contribution in [1.29, 1.82) is 0 Å². The van der Waals surface area contributed by atoms with Crippen molar-refractivity contribution in [2.75, 3.05) is 6.54 Å². The van der Waals surface area contributed by atoms with Crippen molar-refractivity contribution < 1.29 is 18.7 Å². The highest BCUT2D eigenvalue weighted by molar-refractivity contribution is 5.97. The molecule has 0 atom stereocenters. The molecular weight excluding hydrogens is 335 g/mol. The van der Waals surface area contributed by atoms with E-state index in [0.29, 0.717) is 11.3 Å². The van der Waals surface area contributed by atoms with Crippen LogP contribution in [0.3, 0.4) is 0 Å². The third-order valence-corrected chi connectivity index (χ3v) is 3.53. The lowest BCUT2D eigenvalue weighted by molar-refractivity contribution is -0.121. The zero-order valence-electron chi connectivity index (χ0n) is 14.9. The Balaban J connectivity index is 1.91. The highest BCUT2D eigenvalue weighted by Crippen LogP contribution is 2.19. The smallest absolute Gasteiger partial charge is 0.255 e. The first kappa shape index (κ1) is 19.4. The number of ether oxygens (including phenoxy) is 1. The molecule has 2 aromatic rings. The van der Waals surface area contributed by atoms with E-state index in [0.717, 1.165) is 5.56 Å². The fraction of sp³-hybridized carbons (Fsp3) is 0.300. The minimum absolute atomic E-state index is 0.0683. The molecule has 0 spiro atoms. The average molecular weight is 358 g/mol. The van der Waals surface area contributed by atoms with Gasteiger partial charge in [-0.15, -0.1) is 0 Å². The molecule has 26 heavy (non-hydrogen) atoms. The fourth-order valence-corrected chi connectivity index (χ4v) is 2.30. The van der Waals surface area contributed by atoms with Crippen LogP contribution < -0.4 is 15.4 Å². The first-order chi connectivity index (χ1) is 12.5. The largest absolute Gasteiger partial charge is 0.488 e. The van der Waals surface area contributed by atoms with Crippen LogP contribution in [0.25, 0.3) is 0 Å². The maximum absolute atomic E-state index is 12.9. The SMILES string of the molecule is CC(C)NC(=O)CCNC(=O)c1ccccc1OCc1ccc(F)cc1. The Morgan fingerprint density at radius 2 is 1.77 bits per heavy atom. The predicted molar refractivity (Wildman–Crippen MR) is 97.4 cm³/mol. The average Bonchev–Trinajstić information content (AvgIpc) is 2.61. The quantitative estimate of drug-likeness (QED) is 0.762. The normalized spacial score (nSPS) is 10.5. The first-order valence-corrected chi connectivity index (χ1v) is 8.49. The Morgan fingerprint density at radius 1 is 1.08 bits per heavy atom. The molecule has 0 radical (unpaired) electrons. The number of hydrogen-bond donors (Lipinski definition) is 2. The molecule has 6 heteroatoms.